The first kappa shape index (κ1) is 13.8. The summed E-state index contributed by atoms with van der Waals surface area (Å²) in [6.45, 7) is 0.540. The minimum absolute atomic E-state index is 0.113. The van der Waals surface area contributed by atoms with Gasteiger partial charge in [0.15, 0.2) is 15.7 Å². The van der Waals surface area contributed by atoms with Crippen LogP contribution in [0.3, 0.4) is 0 Å². The van der Waals surface area contributed by atoms with Crippen LogP contribution < -0.4 is 10.6 Å². The summed E-state index contributed by atoms with van der Waals surface area (Å²) < 4.78 is 28.9. The SMILES string of the molecule is CN(Cc1cscn1)c1snc(N)c1S(=O)(=O)C1CC1. The second kappa shape index (κ2) is 4.97. The van der Waals surface area contributed by atoms with E-state index in [1.807, 2.05) is 17.3 Å². The Morgan fingerprint density at radius 1 is 1.50 bits per heavy atom. The highest BCUT2D eigenvalue weighted by molar-refractivity contribution is 7.92. The molecule has 1 aliphatic rings. The van der Waals surface area contributed by atoms with Gasteiger partial charge >= 0.3 is 0 Å². The summed E-state index contributed by atoms with van der Waals surface area (Å²) in [6.07, 6.45) is 1.43. The molecule has 0 aromatic carbocycles. The lowest BCUT2D eigenvalue weighted by Crippen LogP contribution is -2.19. The van der Waals surface area contributed by atoms with E-state index in [1.54, 1.807) is 5.51 Å². The molecule has 2 heterocycles. The molecule has 1 saturated carbocycles. The van der Waals surface area contributed by atoms with Crippen molar-refractivity contribution in [2.45, 2.75) is 29.5 Å². The molecule has 0 atom stereocenters. The molecule has 0 amide bonds. The first-order valence-electron chi connectivity index (χ1n) is 6.07. The zero-order chi connectivity index (χ0) is 14.3. The smallest absolute Gasteiger partial charge is 0.187 e. The molecule has 1 aliphatic carbocycles. The number of nitrogens with zero attached hydrogens (tertiary/aromatic N) is 3. The monoisotopic (exact) mass is 330 g/mol. The largest absolute Gasteiger partial charge is 0.382 e. The van der Waals surface area contributed by atoms with Crippen LogP contribution in [-0.2, 0) is 16.4 Å². The van der Waals surface area contributed by atoms with Gasteiger partial charge in [0.05, 0.1) is 23.0 Å². The van der Waals surface area contributed by atoms with Crippen LogP contribution in [0.1, 0.15) is 18.5 Å². The van der Waals surface area contributed by atoms with Crippen LogP contribution in [0.5, 0.6) is 0 Å². The van der Waals surface area contributed by atoms with E-state index < -0.39 is 9.84 Å². The number of hydrogen-bond donors (Lipinski definition) is 1. The topological polar surface area (TPSA) is 89.2 Å². The van der Waals surface area contributed by atoms with E-state index in [4.69, 9.17) is 5.73 Å². The van der Waals surface area contributed by atoms with Crippen molar-refractivity contribution in [3.63, 3.8) is 0 Å². The third-order valence-corrected chi connectivity index (χ3v) is 7.20. The van der Waals surface area contributed by atoms with E-state index in [1.165, 1.54) is 11.3 Å². The Morgan fingerprint density at radius 3 is 2.85 bits per heavy atom. The van der Waals surface area contributed by atoms with Gasteiger partial charge in [-0.15, -0.1) is 11.3 Å². The van der Waals surface area contributed by atoms with Crippen LogP contribution in [-0.4, -0.2) is 30.1 Å². The maximum atomic E-state index is 12.5. The molecule has 9 heteroatoms. The van der Waals surface area contributed by atoms with E-state index in [0.717, 1.165) is 17.2 Å². The third kappa shape index (κ3) is 2.40. The third-order valence-electron chi connectivity index (χ3n) is 3.13. The lowest BCUT2D eigenvalue weighted by Gasteiger charge is -2.17. The molecule has 0 aliphatic heterocycles. The molecule has 1 fully saturated rings. The van der Waals surface area contributed by atoms with E-state index in [9.17, 15) is 8.42 Å². The Morgan fingerprint density at radius 2 is 2.25 bits per heavy atom. The van der Waals surface area contributed by atoms with Crippen molar-refractivity contribution in [3.8, 4) is 0 Å². The number of rotatable bonds is 5. The normalized spacial score (nSPS) is 15.4. The van der Waals surface area contributed by atoms with Crippen molar-refractivity contribution in [3.05, 3.63) is 16.6 Å². The van der Waals surface area contributed by atoms with Gasteiger partial charge in [0.2, 0.25) is 0 Å². The van der Waals surface area contributed by atoms with Crippen LogP contribution in [0.4, 0.5) is 10.8 Å². The Hall–Kier alpha value is -1.19. The summed E-state index contributed by atoms with van der Waals surface area (Å²) in [4.78, 5) is 6.25. The Balaban J connectivity index is 1.94. The summed E-state index contributed by atoms with van der Waals surface area (Å²) >= 11 is 2.64. The average molecular weight is 330 g/mol. The summed E-state index contributed by atoms with van der Waals surface area (Å²) in [5.74, 6) is 0.113. The van der Waals surface area contributed by atoms with Crippen LogP contribution in [0.2, 0.25) is 0 Å². The van der Waals surface area contributed by atoms with Gasteiger partial charge in [0.25, 0.3) is 0 Å². The van der Waals surface area contributed by atoms with Crippen LogP contribution >= 0.6 is 22.9 Å². The summed E-state index contributed by atoms with van der Waals surface area (Å²) in [6, 6.07) is 0. The fourth-order valence-corrected chi connectivity index (χ4v) is 5.53. The highest BCUT2D eigenvalue weighted by Crippen LogP contribution is 2.42. The second-order valence-corrected chi connectivity index (χ2v) is 8.42. The van der Waals surface area contributed by atoms with Crippen molar-refractivity contribution < 1.29 is 8.42 Å². The number of nitrogen functional groups attached to an aromatic ring is 1. The van der Waals surface area contributed by atoms with Crippen molar-refractivity contribution in [2.24, 2.45) is 0 Å². The van der Waals surface area contributed by atoms with Crippen LogP contribution in [0.15, 0.2) is 15.8 Å². The molecule has 3 rings (SSSR count). The maximum absolute atomic E-state index is 12.5. The van der Waals surface area contributed by atoms with Gasteiger partial charge in [-0.05, 0) is 24.4 Å². The van der Waals surface area contributed by atoms with E-state index >= 15 is 0 Å². The fourth-order valence-electron chi connectivity index (χ4n) is 1.97. The number of hydrogen-bond acceptors (Lipinski definition) is 8. The van der Waals surface area contributed by atoms with E-state index in [-0.39, 0.29) is 16.0 Å². The molecule has 0 unspecified atom stereocenters. The molecule has 0 radical (unpaired) electrons. The van der Waals surface area contributed by atoms with Crippen LogP contribution in [0, 0.1) is 0 Å². The van der Waals surface area contributed by atoms with Gasteiger partial charge in [-0.3, -0.25) is 0 Å². The zero-order valence-electron chi connectivity index (χ0n) is 10.8. The minimum atomic E-state index is -3.34. The molecule has 2 aromatic rings. The summed E-state index contributed by atoms with van der Waals surface area (Å²) in [5, 5.41) is 2.26. The molecule has 0 saturated heterocycles. The predicted octanol–water partition coefficient (Wildman–Crippen LogP) is 1.75. The van der Waals surface area contributed by atoms with Gasteiger partial charge in [-0.25, -0.2) is 13.4 Å². The fraction of sp³-hybridized carbons (Fsp3) is 0.455. The van der Waals surface area contributed by atoms with Gasteiger partial charge in [0.1, 0.15) is 9.90 Å². The van der Waals surface area contributed by atoms with Crippen molar-refractivity contribution >= 4 is 43.5 Å². The maximum Gasteiger partial charge on any atom is 0.187 e. The Bertz CT molecular complexity index is 704. The number of nitrogens with two attached hydrogens (primary N) is 1. The van der Waals surface area contributed by atoms with Gasteiger partial charge in [-0.2, -0.15) is 4.37 Å². The van der Waals surface area contributed by atoms with E-state index in [0.29, 0.717) is 24.4 Å². The number of anilines is 2. The number of sulfone groups is 1. The van der Waals surface area contributed by atoms with E-state index in [2.05, 4.69) is 9.36 Å². The molecule has 20 heavy (non-hydrogen) atoms. The number of thiazole rings is 1. The molecular weight excluding hydrogens is 316 g/mol. The molecule has 0 bridgehead atoms. The first-order valence-corrected chi connectivity index (χ1v) is 9.33. The van der Waals surface area contributed by atoms with Gasteiger partial charge in [0, 0.05) is 12.4 Å². The number of aromatic nitrogens is 2. The van der Waals surface area contributed by atoms with Gasteiger partial charge < -0.3 is 10.6 Å². The molecular formula is C11H14N4O2S3. The average Bonchev–Trinajstić information content (AvgIpc) is 3.01. The molecule has 2 N–H and O–H groups in total. The zero-order valence-corrected chi connectivity index (χ0v) is 13.3. The molecule has 108 valence electrons. The predicted molar refractivity (Wildman–Crippen MR) is 81.0 cm³/mol. The van der Waals surface area contributed by atoms with Crippen molar-refractivity contribution in [1.29, 1.82) is 0 Å². The minimum Gasteiger partial charge on any atom is -0.382 e. The molecule has 6 nitrogen and oxygen atoms in total. The summed E-state index contributed by atoms with van der Waals surface area (Å²) in [7, 11) is -1.51. The molecule has 0 spiro atoms. The van der Waals surface area contributed by atoms with Crippen molar-refractivity contribution in [2.75, 3.05) is 17.7 Å². The lowest BCUT2D eigenvalue weighted by molar-refractivity contribution is 0.595. The highest BCUT2D eigenvalue weighted by Gasteiger charge is 2.41. The Kier molecular flexibility index (Phi) is 3.43. The quantitative estimate of drug-likeness (QED) is 0.898. The van der Waals surface area contributed by atoms with Gasteiger partial charge in [-0.1, -0.05) is 0 Å². The van der Waals surface area contributed by atoms with Crippen molar-refractivity contribution in [1.82, 2.24) is 9.36 Å². The standard InChI is InChI=1S/C11H14N4O2S3/c1-15(4-7-5-18-6-13-7)11-9(10(12)14-19-11)20(16,17)8-2-3-8/h5-6,8H,2-4H2,1H3,(H2,12,14). The first-order chi connectivity index (χ1) is 9.50. The molecule has 2 aromatic heterocycles. The second-order valence-electron chi connectivity index (χ2n) is 4.78. The summed E-state index contributed by atoms with van der Waals surface area (Å²) in [5.41, 5.74) is 8.44. The highest BCUT2D eigenvalue weighted by atomic mass is 32.2. The Labute approximate surface area is 125 Å². The van der Waals surface area contributed by atoms with Crippen LogP contribution in [0.25, 0.3) is 0 Å². The lowest BCUT2D eigenvalue weighted by atomic mass is 10.4.